The van der Waals surface area contributed by atoms with Crippen LogP contribution in [0.2, 0.25) is 0 Å². The summed E-state index contributed by atoms with van der Waals surface area (Å²) in [7, 11) is 0. The van der Waals surface area contributed by atoms with Gasteiger partial charge in [-0.2, -0.15) is 5.26 Å². The van der Waals surface area contributed by atoms with E-state index in [2.05, 4.69) is 38.9 Å². The Morgan fingerprint density at radius 2 is 1.93 bits per heavy atom. The van der Waals surface area contributed by atoms with Gasteiger partial charge in [0.15, 0.2) is 3.01 Å². The van der Waals surface area contributed by atoms with Gasteiger partial charge in [-0.25, -0.2) is 0 Å². The predicted octanol–water partition coefficient (Wildman–Crippen LogP) is 2.68. The van der Waals surface area contributed by atoms with Crippen LogP contribution in [0.1, 0.15) is 5.56 Å². The van der Waals surface area contributed by atoms with Crippen LogP contribution >= 0.6 is 33.9 Å². The van der Waals surface area contributed by atoms with Crippen molar-refractivity contribution < 1.29 is 0 Å². The van der Waals surface area contributed by atoms with Crippen LogP contribution in [0.3, 0.4) is 0 Å². The zero-order chi connectivity index (χ0) is 9.97. The third-order valence-electron chi connectivity index (χ3n) is 1.66. The van der Waals surface area contributed by atoms with Crippen LogP contribution in [0.5, 0.6) is 0 Å². The highest BCUT2D eigenvalue weighted by Crippen LogP contribution is 2.24. The van der Waals surface area contributed by atoms with Crippen LogP contribution in [0.15, 0.2) is 24.3 Å². The number of halogens is 1. The van der Waals surface area contributed by atoms with Gasteiger partial charge in [0.1, 0.15) is 5.01 Å². The minimum absolute atomic E-state index is 0.660. The summed E-state index contributed by atoms with van der Waals surface area (Å²) in [6, 6.07) is 9.41. The molecule has 3 nitrogen and oxygen atoms in total. The molecule has 0 atom stereocenters. The van der Waals surface area contributed by atoms with Gasteiger partial charge in [-0.05, 0) is 34.7 Å². The Labute approximate surface area is 98.6 Å². The molecular formula is C9H4IN3S. The number of nitriles is 1. The fraction of sp³-hybridized carbons (Fsp3) is 0. The summed E-state index contributed by atoms with van der Waals surface area (Å²) in [5.41, 5.74) is 1.66. The second kappa shape index (κ2) is 4.02. The van der Waals surface area contributed by atoms with Crippen molar-refractivity contribution in [3.05, 3.63) is 32.8 Å². The lowest BCUT2D eigenvalue weighted by molar-refractivity contribution is 1.07. The summed E-state index contributed by atoms with van der Waals surface area (Å²) in [6.45, 7) is 0. The topological polar surface area (TPSA) is 49.6 Å². The Hall–Kier alpha value is -1.00. The Morgan fingerprint density at radius 3 is 2.43 bits per heavy atom. The molecule has 1 heterocycles. The molecule has 0 aliphatic rings. The van der Waals surface area contributed by atoms with Crippen LogP contribution in [0, 0.1) is 14.3 Å². The van der Waals surface area contributed by atoms with E-state index in [-0.39, 0.29) is 0 Å². The summed E-state index contributed by atoms with van der Waals surface area (Å²) in [5.74, 6) is 0. The molecule has 0 amide bonds. The monoisotopic (exact) mass is 313 g/mol. The van der Waals surface area contributed by atoms with Crippen molar-refractivity contribution in [3.8, 4) is 16.6 Å². The maximum absolute atomic E-state index is 8.63. The van der Waals surface area contributed by atoms with Gasteiger partial charge >= 0.3 is 0 Å². The maximum Gasteiger partial charge on any atom is 0.178 e. The van der Waals surface area contributed by atoms with Crippen molar-refractivity contribution in [2.45, 2.75) is 0 Å². The van der Waals surface area contributed by atoms with Gasteiger partial charge in [-0.1, -0.05) is 23.5 Å². The molecule has 0 saturated heterocycles. The average molecular weight is 313 g/mol. The molecule has 2 aromatic rings. The van der Waals surface area contributed by atoms with E-state index in [9.17, 15) is 0 Å². The van der Waals surface area contributed by atoms with Gasteiger partial charge in [0.05, 0.1) is 11.6 Å². The zero-order valence-corrected chi connectivity index (χ0v) is 9.91. The number of rotatable bonds is 1. The lowest BCUT2D eigenvalue weighted by Crippen LogP contribution is -1.78. The molecule has 0 fully saturated rings. The van der Waals surface area contributed by atoms with Crippen molar-refractivity contribution in [2.24, 2.45) is 0 Å². The van der Waals surface area contributed by atoms with Crippen molar-refractivity contribution in [2.75, 3.05) is 0 Å². The second-order valence-electron chi connectivity index (χ2n) is 2.55. The third kappa shape index (κ3) is 1.91. The minimum Gasteiger partial charge on any atom is -0.192 e. The lowest BCUT2D eigenvalue weighted by atomic mass is 10.2. The highest BCUT2D eigenvalue weighted by Gasteiger charge is 2.03. The van der Waals surface area contributed by atoms with Gasteiger partial charge in [0.2, 0.25) is 0 Å². The van der Waals surface area contributed by atoms with Crippen LogP contribution in [-0.4, -0.2) is 10.2 Å². The van der Waals surface area contributed by atoms with E-state index in [0.29, 0.717) is 5.56 Å². The second-order valence-corrected chi connectivity index (χ2v) is 5.28. The van der Waals surface area contributed by atoms with Crippen molar-refractivity contribution in [1.29, 1.82) is 5.26 Å². The molecule has 1 aromatic heterocycles. The first kappa shape index (κ1) is 9.55. The fourth-order valence-electron chi connectivity index (χ4n) is 1.01. The van der Waals surface area contributed by atoms with Crippen LogP contribution in [-0.2, 0) is 0 Å². The van der Waals surface area contributed by atoms with E-state index in [0.717, 1.165) is 13.6 Å². The molecule has 0 aliphatic heterocycles. The van der Waals surface area contributed by atoms with Gasteiger partial charge in [0, 0.05) is 5.56 Å². The van der Waals surface area contributed by atoms with Crippen LogP contribution in [0.25, 0.3) is 10.6 Å². The molecule has 14 heavy (non-hydrogen) atoms. The SMILES string of the molecule is N#Cc1ccc(-c2nnc(I)s2)cc1. The van der Waals surface area contributed by atoms with Gasteiger partial charge in [-0.15, -0.1) is 10.2 Å². The number of hydrogen-bond acceptors (Lipinski definition) is 4. The first-order valence-corrected chi connectivity index (χ1v) is 5.68. The molecular weight excluding hydrogens is 309 g/mol. The van der Waals surface area contributed by atoms with Gasteiger partial charge in [0.25, 0.3) is 0 Å². The number of aromatic nitrogens is 2. The largest absolute Gasteiger partial charge is 0.192 e. The molecule has 0 N–H and O–H groups in total. The van der Waals surface area contributed by atoms with Crippen molar-refractivity contribution in [3.63, 3.8) is 0 Å². The van der Waals surface area contributed by atoms with E-state index in [4.69, 9.17) is 5.26 Å². The molecule has 1 aromatic carbocycles. The molecule has 2 rings (SSSR count). The highest BCUT2D eigenvalue weighted by molar-refractivity contribution is 14.1. The van der Waals surface area contributed by atoms with E-state index in [1.807, 2.05) is 12.1 Å². The minimum atomic E-state index is 0.660. The Kier molecular flexibility index (Phi) is 2.74. The van der Waals surface area contributed by atoms with E-state index in [1.165, 1.54) is 11.3 Å². The summed E-state index contributed by atoms with van der Waals surface area (Å²) < 4.78 is 0.918. The van der Waals surface area contributed by atoms with E-state index < -0.39 is 0 Å². The average Bonchev–Trinajstić information content (AvgIpc) is 2.65. The summed E-state index contributed by atoms with van der Waals surface area (Å²) >= 11 is 3.67. The van der Waals surface area contributed by atoms with Gasteiger partial charge < -0.3 is 0 Å². The van der Waals surface area contributed by atoms with E-state index >= 15 is 0 Å². The molecule has 0 aliphatic carbocycles. The first-order valence-electron chi connectivity index (χ1n) is 3.79. The third-order valence-corrected chi connectivity index (χ3v) is 3.30. The molecule has 0 bridgehead atoms. The standard InChI is InChI=1S/C9H4IN3S/c10-9-13-12-8(14-9)7-3-1-6(5-11)2-4-7/h1-4H. The maximum atomic E-state index is 8.63. The highest BCUT2D eigenvalue weighted by atomic mass is 127. The molecule has 0 unspecified atom stereocenters. The molecule has 5 heteroatoms. The fourth-order valence-corrected chi connectivity index (χ4v) is 2.32. The number of nitrogens with zero attached hydrogens (tertiary/aromatic N) is 3. The Morgan fingerprint density at radius 1 is 1.21 bits per heavy atom. The Bertz CT molecular complexity index is 484. The quantitative estimate of drug-likeness (QED) is 0.761. The molecule has 0 radical (unpaired) electrons. The smallest absolute Gasteiger partial charge is 0.178 e. The molecule has 0 spiro atoms. The summed E-state index contributed by atoms with van der Waals surface area (Å²) in [6.07, 6.45) is 0. The summed E-state index contributed by atoms with van der Waals surface area (Å²) in [5, 5.41) is 17.5. The summed E-state index contributed by atoms with van der Waals surface area (Å²) in [4.78, 5) is 0. The zero-order valence-electron chi connectivity index (χ0n) is 6.94. The number of hydrogen-bond donors (Lipinski definition) is 0. The molecule has 68 valence electrons. The van der Waals surface area contributed by atoms with Crippen molar-refractivity contribution in [1.82, 2.24) is 10.2 Å². The first-order chi connectivity index (χ1) is 6.79. The lowest BCUT2D eigenvalue weighted by Gasteiger charge is -1.93. The van der Waals surface area contributed by atoms with Crippen LogP contribution < -0.4 is 0 Å². The van der Waals surface area contributed by atoms with E-state index in [1.54, 1.807) is 12.1 Å². The van der Waals surface area contributed by atoms with Gasteiger partial charge in [-0.3, -0.25) is 0 Å². The normalized spacial score (nSPS) is 9.71. The Balaban J connectivity index is 2.39. The van der Waals surface area contributed by atoms with Crippen molar-refractivity contribution >= 4 is 33.9 Å². The predicted molar refractivity (Wildman–Crippen MR) is 62.8 cm³/mol. The van der Waals surface area contributed by atoms with Crippen LogP contribution in [0.4, 0.5) is 0 Å². The number of benzene rings is 1. The molecule has 0 saturated carbocycles.